The molecule has 4 aliphatic rings. The van der Waals surface area contributed by atoms with Crippen LogP contribution in [-0.4, -0.2) is 4.83 Å². The van der Waals surface area contributed by atoms with E-state index in [4.69, 9.17) is 0 Å². The minimum atomic E-state index is 0.343. The van der Waals surface area contributed by atoms with Gasteiger partial charge in [-0.05, 0) is 72.0 Å². The van der Waals surface area contributed by atoms with Crippen LogP contribution >= 0.6 is 15.9 Å². The quantitative estimate of drug-likeness (QED) is 0.447. The summed E-state index contributed by atoms with van der Waals surface area (Å²) < 4.78 is 0. The van der Waals surface area contributed by atoms with E-state index in [0.29, 0.717) is 27.0 Å². The lowest BCUT2D eigenvalue weighted by Crippen LogP contribution is -2.31. The molecule has 0 heterocycles. The van der Waals surface area contributed by atoms with E-state index in [1.165, 1.54) is 32.1 Å². The van der Waals surface area contributed by atoms with Gasteiger partial charge in [0.1, 0.15) is 0 Å². The Labute approximate surface area is 176 Å². The minimum Gasteiger partial charge on any atom is -0.0842 e. The summed E-state index contributed by atoms with van der Waals surface area (Å²) in [5.74, 6) is 0.688. The Bertz CT molecular complexity index is 958. The van der Waals surface area contributed by atoms with Crippen LogP contribution in [0.1, 0.15) is 55.6 Å². The first kappa shape index (κ1) is 17.3. The van der Waals surface area contributed by atoms with Crippen LogP contribution in [0.2, 0.25) is 0 Å². The SMILES string of the molecule is BrC1C=C(C23CC(c4ccccc4)CC4(C2)CC4(c2ccccc2)C3)C=CC1. The molecule has 142 valence electrons. The third kappa shape index (κ3) is 2.35. The topological polar surface area (TPSA) is 0 Å². The molecule has 2 aromatic rings. The fourth-order valence-corrected chi connectivity index (χ4v) is 7.85. The Morgan fingerprint density at radius 2 is 1.57 bits per heavy atom. The van der Waals surface area contributed by atoms with E-state index in [1.807, 2.05) is 0 Å². The van der Waals surface area contributed by atoms with Crippen molar-refractivity contribution in [3.8, 4) is 0 Å². The first-order valence-electron chi connectivity index (χ1n) is 10.8. The number of fused-ring (bicyclic) bond motifs is 1. The molecular weight excluding hydrogens is 404 g/mol. The van der Waals surface area contributed by atoms with E-state index in [1.54, 1.807) is 16.7 Å². The van der Waals surface area contributed by atoms with Crippen LogP contribution in [0.15, 0.2) is 84.5 Å². The lowest BCUT2D eigenvalue weighted by Gasteiger charge is -2.43. The lowest BCUT2D eigenvalue weighted by molar-refractivity contribution is 0.189. The second-order valence-electron chi connectivity index (χ2n) is 9.83. The van der Waals surface area contributed by atoms with Crippen molar-refractivity contribution in [2.45, 2.75) is 54.7 Å². The predicted octanol–water partition coefficient (Wildman–Crippen LogP) is 7.32. The summed E-state index contributed by atoms with van der Waals surface area (Å²) in [6, 6.07) is 22.8. The van der Waals surface area contributed by atoms with Gasteiger partial charge < -0.3 is 0 Å². The molecule has 2 bridgehead atoms. The zero-order valence-electron chi connectivity index (χ0n) is 16.3. The fourth-order valence-electron chi connectivity index (χ4n) is 7.35. The summed E-state index contributed by atoms with van der Waals surface area (Å²) >= 11 is 3.88. The number of rotatable bonds is 3. The second kappa shape index (κ2) is 5.95. The molecule has 0 aliphatic heterocycles. The molecule has 5 unspecified atom stereocenters. The van der Waals surface area contributed by atoms with E-state index in [0.717, 1.165) is 6.42 Å². The zero-order valence-corrected chi connectivity index (χ0v) is 17.9. The number of hydrogen-bond acceptors (Lipinski definition) is 0. The zero-order chi connectivity index (χ0) is 18.8. The van der Waals surface area contributed by atoms with Crippen LogP contribution in [0.4, 0.5) is 0 Å². The molecule has 0 saturated heterocycles. The van der Waals surface area contributed by atoms with Crippen LogP contribution in [-0.2, 0) is 5.41 Å². The molecule has 1 spiro atoms. The Morgan fingerprint density at radius 3 is 2.32 bits per heavy atom. The van der Waals surface area contributed by atoms with E-state index in [9.17, 15) is 0 Å². The van der Waals surface area contributed by atoms with Gasteiger partial charge in [0.05, 0.1) is 0 Å². The molecule has 6 rings (SSSR count). The highest BCUT2D eigenvalue weighted by molar-refractivity contribution is 9.09. The Balaban J connectivity index is 1.46. The first-order valence-corrected chi connectivity index (χ1v) is 11.7. The highest BCUT2D eigenvalue weighted by atomic mass is 79.9. The van der Waals surface area contributed by atoms with Crippen molar-refractivity contribution in [1.29, 1.82) is 0 Å². The van der Waals surface area contributed by atoms with Gasteiger partial charge in [-0.1, -0.05) is 94.8 Å². The molecule has 4 aliphatic carbocycles. The summed E-state index contributed by atoms with van der Waals surface area (Å²) in [5, 5.41) is 0. The molecule has 3 fully saturated rings. The Morgan fingerprint density at radius 1 is 0.821 bits per heavy atom. The minimum absolute atomic E-state index is 0.343. The van der Waals surface area contributed by atoms with Crippen molar-refractivity contribution in [2.75, 3.05) is 0 Å². The van der Waals surface area contributed by atoms with Crippen LogP contribution in [0.5, 0.6) is 0 Å². The summed E-state index contributed by atoms with van der Waals surface area (Å²) in [4.78, 5) is 0.500. The Kier molecular flexibility index (Phi) is 3.67. The van der Waals surface area contributed by atoms with Crippen molar-refractivity contribution in [1.82, 2.24) is 0 Å². The maximum atomic E-state index is 3.88. The van der Waals surface area contributed by atoms with Gasteiger partial charge in [-0.3, -0.25) is 0 Å². The standard InChI is InChI=1S/C27H27Br/c28-24-13-7-12-23(14-24)25-15-21(20-8-3-1-4-9-20)16-26(17-25)19-27(26,18-25)22-10-5-2-6-11-22/h1-12,14,21,24H,13,15-19H2. The van der Waals surface area contributed by atoms with E-state index in [2.05, 4.69) is 94.8 Å². The molecule has 0 aromatic heterocycles. The molecule has 3 saturated carbocycles. The number of halogens is 1. The molecular formula is C27H27Br. The average Bonchev–Trinajstić information content (AvgIpc) is 3.27. The van der Waals surface area contributed by atoms with Gasteiger partial charge in [0, 0.05) is 10.2 Å². The fraction of sp³-hybridized carbons (Fsp3) is 0.407. The predicted molar refractivity (Wildman–Crippen MR) is 120 cm³/mol. The molecule has 2 aromatic carbocycles. The van der Waals surface area contributed by atoms with Gasteiger partial charge in [-0.2, -0.15) is 0 Å². The third-order valence-electron chi connectivity index (χ3n) is 8.35. The Hall–Kier alpha value is -1.60. The molecule has 28 heavy (non-hydrogen) atoms. The van der Waals surface area contributed by atoms with Gasteiger partial charge in [-0.15, -0.1) is 0 Å². The van der Waals surface area contributed by atoms with Gasteiger partial charge in [0.25, 0.3) is 0 Å². The monoisotopic (exact) mass is 430 g/mol. The van der Waals surface area contributed by atoms with E-state index >= 15 is 0 Å². The third-order valence-corrected chi connectivity index (χ3v) is 8.99. The summed E-state index contributed by atoms with van der Waals surface area (Å²) in [5.41, 5.74) is 6.02. The molecule has 0 N–H and O–H groups in total. The number of allylic oxidation sites excluding steroid dienone is 4. The second-order valence-corrected chi connectivity index (χ2v) is 11.0. The highest BCUT2D eigenvalue weighted by Crippen LogP contribution is 2.85. The summed E-state index contributed by atoms with van der Waals surface area (Å²) in [6.07, 6.45) is 15.3. The van der Waals surface area contributed by atoms with Crippen molar-refractivity contribution in [2.24, 2.45) is 10.8 Å². The molecule has 5 atom stereocenters. The summed E-state index contributed by atoms with van der Waals surface area (Å²) in [6.45, 7) is 0. The van der Waals surface area contributed by atoms with Crippen molar-refractivity contribution in [3.05, 3.63) is 95.6 Å². The first-order chi connectivity index (χ1) is 13.6. The van der Waals surface area contributed by atoms with Gasteiger partial charge >= 0.3 is 0 Å². The maximum Gasteiger partial charge on any atom is 0.0365 e. The van der Waals surface area contributed by atoms with E-state index < -0.39 is 0 Å². The lowest BCUT2D eigenvalue weighted by atomic mass is 9.61. The smallest absolute Gasteiger partial charge is 0.0365 e. The van der Waals surface area contributed by atoms with Crippen LogP contribution in [0.3, 0.4) is 0 Å². The number of hydrogen-bond donors (Lipinski definition) is 0. The van der Waals surface area contributed by atoms with Gasteiger partial charge in [0.15, 0.2) is 0 Å². The molecule has 1 heteroatoms. The van der Waals surface area contributed by atoms with Crippen molar-refractivity contribution >= 4 is 15.9 Å². The molecule has 0 radical (unpaired) electrons. The number of alkyl halides is 1. The van der Waals surface area contributed by atoms with Crippen LogP contribution in [0, 0.1) is 10.8 Å². The number of benzene rings is 2. The van der Waals surface area contributed by atoms with Gasteiger partial charge in [0.2, 0.25) is 0 Å². The molecule has 0 amide bonds. The van der Waals surface area contributed by atoms with E-state index in [-0.39, 0.29) is 0 Å². The maximum absolute atomic E-state index is 3.88. The average molecular weight is 431 g/mol. The van der Waals surface area contributed by atoms with Gasteiger partial charge in [-0.25, -0.2) is 0 Å². The largest absolute Gasteiger partial charge is 0.0842 e. The van der Waals surface area contributed by atoms with Crippen molar-refractivity contribution in [3.63, 3.8) is 0 Å². The summed E-state index contributed by atoms with van der Waals surface area (Å²) in [7, 11) is 0. The normalized spacial score (nSPS) is 40.7. The van der Waals surface area contributed by atoms with Crippen LogP contribution < -0.4 is 0 Å². The van der Waals surface area contributed by atoms with Crippen molar-refractivity contribution < 1.29 is 0 Å². The highest BCUT2D eigenvalue weighted by Gasteiger charge is 2.78. The molecule has 0 nitrogen and oxygen atoms in total. The van der Waals surface area contributed by atoms with Crippen LogP contribution in [0.25, 0.3) is 0 Å².